The van der Waals surface area contributed by atoms with Crippen LogP contribution in [0.4, 0.5) is 0 Å². The van der Waals surface area contributed by atoms with Gasteiger partial charge in [-0.1, -0.05) is 24.3 Å². The van der Waals surface area contributed by atoms with Crippen molar-refractivity contribution in [3.63, 3.8) is 0 Å². The van der Waals surface area contributed by atoms with Crippen LogP contribution < -0.4 is 0 Å². The zero-order valence-electron chi connectivity index (χ0n) is 10.9. The number of hydrogen-bond donors (Lipinski definition) is 1. The van der Waals surface area contributed by atoms with Crippen LogP contribution in [0.1, 0.15) is 21.5 Å². The molecule has 0 radical (unpaired) electrons. The summed E-state index contributed by atoms with van der Waals surface area (Å²) in [6, 6.07) is 13.5. The molecule has 5 nitrogen and oxygen atoms in total. The van der Waals surface area contributed by atoms with Crippen molar-refractivity contribution < 1.29 is 18.3 Å². The smallest absolute Gasteiger partial charge is 0.335 e. The minimum atomic E-state index is -3.72. The van der Waals surface area contributed by atoms with Gasteiger partial charge in [0.2, 0.25) is 0 Å². The van der Waals surface area contributed by atoms with Crippen LogP contribution in [0.2, 0.25) is 0 Å². The molecule has 0 aliphatic rings. The number of nitriles is 1. The van der Waals surface area contributed by atoms with E-state index in [9.17, 15) is 13.2 Å². The summed E-state index contributed by atoms with van der Waals surface area (Å²) in [5, 5.41) is 17.9. The van der Waals surface area contributed by atoms with Crippen LogP contribution >= 0.6 is 0 Å². The first-order valence-corrected chi connectivity index (χ1v) is 7.63. The lowest BCUT2D eigenvalue weighted by atomic mass is 10.1. The Hall–Kier alpha value is -2.65. The summed E-state index contributed by atoms with van der Waals surface area (Å²) in [6.45, 7) is 0. The Morgan fingerprint density at radius 1 is 1.14 bits per heavy atom. The van der Waals surface area contributed by atoms with E-state index >= 15 is 0 Å². The van der Waals surface area contributed by atoms with Gasteiger partial charge in [-0.3, -0.25) is 0 Å². The molecule has 1 N–H and O–H groups in total. The number of carboxylic acids is 1. The van der Waals surface area contributed by atoms with Crippen LogP contribution in [0.3, 0.4) is 0 Å². The van der Waals surface area contributed by atoms with Crippen LogP contribution in [0.5, 0.6) is 0 Å². The van der Waals surface area contributed by atoms with E-state index < -0.39 is 15.8 Å². The second kappa shape index (κ2) is 5.77. The van der Waals surface area contributed by atoms with Gasteiger partial charge in [0.1, 0.15) is 0 Å². The Labute approximate surface area is 122 Å². The summed E-state index contributed by atoms with van der Waals surface area (Å²) >= 11 is 0. The molecular formula is C15H11NO4S. The minimum Gasteiger partial charge on any atom is -0.478 e. The van der Waals surface area contributed by atoms with Crippen molar-refractivity contribution in [2.45, 2.75) is 10.6 Å². The molecule has 0 aliphatic heterocycles. The molecule has 0 bridgehead atoms. The third kappa shape index (κ3) is 3.27. The van der Waals surface area contributed by atoms with Gasteiger partial charge in [-0.15, -0.1) is 0 Å². The van der Waals surface area contributed by atoms with E-state index in [0.717, 1.165) is 6.07 Å². The number of carbonyl (C=O) groups is 1. The van der Waals surface area contributed by atoms with Crippen LogP contribution in [0, 0.1) is 11.3 Å². The lowest BCUT2D eigenvalue weighted by molar-refractivity contribution is 0.0696. The lowest BCUT2D eigenvalue weighted by Crippen LogP contribution is -2.08. The first-order chi connectivity index (χ1) is 9.94. The number of rotatable bonds is 4. The molecule has 2 rings (SSSR count). The highest BCUT2D eigenvalue weighted by Gasteiger charge is 2.18. The van der Waals surface area contributed by atoms with Gasteiger partial charge < -0.3 is 5.11 Å². The van der Waals surface area contributed by atoms with Crippen molar-refractivity contribution in [2.24, 2.45) is 0 Å². The molecular weight excluding hydrogens is 290 g/mol. The molecule has 0 unspecified atom stereocenters. The van der Waals surface area contributed by atoms with E-state index in [1.165, 1.54) is 18.2 Å². The van der Waals surface area contributed by atoms with Crippen molar-refractivity contribution in [1.29, 1.82) is 5.26 Å². The Bertz CT molecular complexity index is 835. The molecule has 0 saturated carbocycles. The quantitative estimate of drug-likeness (QED) is 0.934. The lowest BCUT2D eigenvalue weighted by Gasteiger charge is -2.07. The van der Waals surface area contributed by atoms with E-state index in [4.69, 9.17) is 10.4 Å². The van der Waals surface area contributed by atoms with E-state index in [-0.39, 0.29) is 21.8 Å². The third-order valence-electron chi connectivity index (χ3n) is 2.92. The third-order valence-corrected chi connectivity index (χ3v) is 4.59. The zero-order chi connectivity index (χ0) is 15.5. The first-order valence-electron chi connectivity index (χ1n) is 5.98. The fourth-order valence-electron chi connectivity index (χ4n) is 1.87. The second-order valence-electron chi connectivity index (χ2n) is 4.36. The zero-order valence-corrected chi connectivity index (χ0v) is 11.7. The molecule has 0 aliphatic carbocycles. The number of hydrogen-bond acceptors (Lipinski definition) is 4. The number of aromatic carboxylic acids is 1. The van der Waals surface area contributed by atoms with Gasteiger partial charge >= 0.3 is 5.97 Å². The van der Waals surface area contributed by atoms with E-state index in [1.54, 1.807) is 24.3 Å². The summed E-state index contributed by atoms with van der Waals surface area (Å²) in [5.41, 5.74) is 0.584. The van der Waals surface area contributed by atoms with Crippen molar-refractivity contribution in [1.82, 2.24) is 0 Å². The SMILES string of the molecule is N#Cc1ccccc1CS(=O)(=O)c1cccc(C(=O)O)c1. The fourth-order valence-corrected chi connectivity index (χ4v) is 3.29. The molecule has 2 aromatic rings. The molecule has 106 valence electrons. The van der Waals surface area contributed by atoms with Gasteiger partial charge in [0.15, 0.2) is 9.84 Å². The predicted molar refractivity (Wildman–Crippen MR) is 75.4 cm³/mol. The van der Waals surface area contributed by atoms with Gasteiger partial charge in [-0.25, -0.2) is 13.2 Å². The van der Waals surface area contributed by atoms with E-state index in [1.807, 2.05) is 6.07 Å². The van der Waals surface area contributed by atoms with Crippen LogP contribution in [-0.2, 0) is 15.6 Å². The number of benzene rings is 2. The number of carboxylic acid groups (broad SMARTS) is 1. The maximum atomic E-state index is 12.3. The highest BCUT2D eigenvalue weighted by atomic mass is 32.2. The normalized spacial score (nSPS) is 10.8. The Morgan fingerprint density at radius 3 is 2.52 bits per heavy atom. The molecule has 0 saturated heterocycles. The first kappa shape index (κ1) is 14.8. The monoisotopic (exact) mass is 301 g/mol. The topological polar surface area (TPSA) is 95.2 Å². The van der Waals surface area contributed by atoms with Gasteiger partial charge in [-0.2, -0.15) is 5.26 Å². The fraction of sp³-hybridized carbons (Fsp3) is 0.0667. The average Bonchev–Trinajstić information content (AvgIpc) is 2.47. The largest absolute Gasteiger partial charge is 0.478 e. The standard InChI is InChI=1S/C15H11NO4S/c16-9-12-4-1-2-5-13(12)10-21(19,20)14-7-3-6-11(8-14)15(17)18/h1-8H,10H2,(H,17,18). The highest BCUT2D eigenvalue weighted by Crippen LogP contribution is 2.19. The molecule has 21 heavy (non-hydrogen) atoms. The predicted octanol–water partition coefficient (Wildman–Crippen LogP) is 2.23. The summed E-state index contributed by atoms with van der Waals surface area (Å²) < 4.78 is 24.7. The van der Waals surface area contributed by atoms with Gasteiger partial charge in [0.05, 0.1) is 27.8 Å². The van der Waals surface area contributed by atoms with Crippen LogP contribution in [0.25, 0.3) is 0 Å². The summed E-state index contributed by atoms with van der Waals surface area (Å²) in [4.78, 5) is 10.8. The van der Waals surface area contributed by atoms with Crippen molar-refractivity contribution in [3.8, 4) is 6.07 Å². The average molecular weight is 301 g/mol. The molecule has 0 fully saturated rings. The Balaban J connectivity index is 2.42. The molecule has 0 atom stereocenters. The summed E-state index contributed by atoms with van der Waals surface area (Å²) in [7, 11) is -3.72. The number of nitrogens with zero attached hydrogens (tertiary/aromatic N) is 1. The Kier molecular flexibility index (Phi) is 4.05. The highest BCUT2D eigenvalue weighted by molar-refractivity contribution is 7.90. The van der Waals surface area contributed by atoms with Crippen LogP contribution in [-0.4, -0.2) is 19.5 Å². The van der Waals surface area contributed by atoms with Gasteiger partial charge in [-0.05, 0) is 29.8 Å². The van der Waals surface area contributed by atoms with Crippen molar-refractivity contribution in [2.75, 3.05) is 0 Å². The van der Waals surface area contributed by atoms with Crippen molar-refractivity contribution in [3.05, 3.63) is 65.2 Å². The van der Waals surface area contributed by atoms with E-state index in [0.29, 0.717) is 5.56 Å². The van der Waals surface area contributed by atoms with E-state index in [2.05, 4.69) is 0 Å². The molecule has 6 heteroatoms. The van der Waals surface area contributed by atoms with Gasteiger partial charge in [0, 0.05) is 0 Å². The molecule has 0 spiro atoms. The minimum absolute atomic E-state index is 0.0739. The number of sulfone groups is 1. The molecule has 0 amide bonds. The summed E-state index contributed by atoms with van der Waals surface area (Å²) in [6.07, 6.45) is 0. The van der Waals surface area contributed by atoms with Crippen LogP contribution in [0.15, 0.2) is 53.4 Å². The molecule has 2 aromatic carbocycles. The van der Waals surface area contributed by atoms with Crippen molar-refractivity contribution >= 4 is 15.8 Å². The maximum absolute atomic E-state index is 12.3. The second-order valence-corrected chi connectivity index (χ2v) is 6.35. The molecule has 0 aromatic heterocycles. The van der Waals surface area contributed by atoms with Gasteiger partial charge in [0.25, 0.3) is 0 Å². The molecule has 0 heterocycles. The summed E-state index contributed by atoms with van der Waals surface area (Å²) in [5.74, 6) is -1.54. The Morgan fingerprint density at radius 2 is 1.86 bits per heavy atom. The maximum Gasteiger partial charge on any atom is 0.335 e.